The van der Waals surface area contributed by atoms with Crippen LogP contribution < -0.4 is 10.6 Å². The largest absolute Gasteiger partial charge is 0.481 e. The maximum atomic E-state index is 11.7. The molecular formula is C14H18N2O4S. The van der Waals surface area contributed by atoms with E-state index >= 15 is 0 Å². The van der Waals surface area contributed by atoms with Crippen molar-refractivity contribution in [2.45, 2.75) is 24.7 Å². The first-order valence-corrected chi connectivity index (χ1v) is 7.60. The number of benzene rings is 1. The number of para-hydroxylation sites is 1. The molecule has 1 rings (SSSR count). The van der Waals surface area contributed by atoms with Gasteiger partial charge in [0.25, 0.3) is 0 Å². The molecule has 0 bridgehead atoms. The highest BCUT2D eigenvalue weighted by Crippen LogP contribution is 2.24. The van der Waals surface area contributed by atoms with Crippen molar-refractivity contribution in [3.05, 3.63) is 24.3 Å². The number of carboxylic acids is 1. The molecular weight excluding hydrogens is 292 g/mol. The van der Waals surface area contributed by atoms with Crippen LogP contribution in [0.2, 0.25) is 0 Å². The Labute approximate surface area is 127 Å². The maximum absolute atomic E-state index is 11.7. The third-order valence-electron chi connectivity index (χ3n) is 2.67. The molecule has 0 radical (unpaired) electrons. The number of carboxylic acid groups (broad SMARTS) is 1. The first kappa shape index (κ1) is 17.0. The molecule has 0 saturated heterocycles. The molecule has 1 aromatic carbocycles. The van der Waals surface area contributed by atoms with Crippen molar-refractivity contribution in [3.63, 3.8) is 0 Å². The quantitative estimate of drug-likeness (QED) is 0.702. The third kappa shape index (κ3) is 6.31. The molecule has 7 heteroatoms. The summed E-state index contributed by atoms with van der Waals surface area (Å²) in [5.74, 6) is -1.79. The van der Waals surface area contributed by atoms with E-state index in [9.17, 15) is 14.4 Å². The van der Waals surface area contributed by atoms with Gasteiger partial charge in [0.05, 0.1) is 5.69 Å². The zero-order valence-electron chi connectivity index (χ0n) is 11.9. The smallest absolute Gasteiger partial charge is 0.325 e. The van der Waals surface area contributed by atoms with Crippen LogP contribution in [0, 0.1) is 5.92 Å². The van der Waals surface area contributed by atoms with Crippen LogP contribution in [0.3, 0.4) is 0 Å². The van der Waals surface area contributed by atoms with E-state index in [4.69, 9.17) is 5.11 Å². The summed E-state index contributed by atoms with van der Waals surface area (Å²) >= 11 is 1.48. The van der Waals surface area contributed by atoms with E-state index in [1.165, 1.54) is 11.8 Å². The molecule has 0 aliphatic heterocycles. The van der Waals surface area contributed by atoms with Crippen molar-refractivity contribution in [3.8, 4) is 0 Å². The molecule has 0 heterocycles. The molecule has 0 fully saturated rings. The number of hydrogen-bond acceptors (Lipinski definition) is 4. The van der Waals surface area contributed by atoms with E-state index in [-0.39, 0.29) is 18.8 Å². The molecule has 0 aliphatic carbocycles. The average Bonchev–Trinajstić information content (AvgIpc) is 2.37. The zero-order chi connectivity index (χ0) is 15.8. The first-order chi connectivity index (χ1) is 9.92. The van der Waals surface area contributed by atoms with Gasteiger partial charge in [-0.25, -0.2) is 4.79 Å². The summed E-state index contributed by atoms with van der Waals surface area (Å²) in [7, 11) is 0. The molecule has 1 atom stereocenters. The lowest BCUT2D eigenvalue weighted by atomic mass is 10.0. The summed E-state index contributed by atoms with van der Waals surface area (Å²) in [6.45, 7) is 1.65. The van der Waals surface area contributed by atoms with Crippen LogP contribution in [0.1, 0.15) is 19.8 Å². The Morgan fingerprint density at radius 2 is 1.90 bits per heavy atom. The topological polar surface area (TPSA) is 95.5 Å². The monoisotopic (exact) mass is 310 g/mol. The van der Waals surface area contributed by atoms with Crippen molar-refractivity contribution in [2.24, 2.45) is 5.92 Å². The van der Waals surface area contributed by atoms with Gasteiger partial charge < -0.3 is 10.4 Å². The van der Waals surface area contributed by atoms with Crippen LogP contribution in [0.5, 0.6) is 0 Å². The van der Waals surface area contributed by atoms with E-state index in [0.29, 0.717) is 5.69 Å². The number of hydrogen-bond donors (Lipinski definition) is 3. The minimum Gasteiger partial charge on any atom is -0.481 e. The maximum Gasteiger partial charge on any atom is 0.325 e. The summed E-state index contributed by atoms with van der Waals surface area (Å²) in [4.78, 5) is 34.7. The summed E-state index contributed by atoms with van der Waals surface area (Å²) < 4.78 is 0. The molecule has 1 unspecified atom stereocenters. The Bertz CT molecular complexity index is 533. The van der Waals surface area contributed by atoms with E-state index in [2.05, 4.69) is 10.6 Å². The molecule has 0 aromatic heterocycles. The Hall–Kier alpha value is -2.02. The van der Waals surface area contributed by atoms with Crippen LogP contribution in [0.4, 0.5) is 10.5 Å². The molecule has 21 heavy (non-hydrogen) atoms. The van der Waals surface area contributed by atoms with E-state index in [1.807, 2.05) is 18.4 Å². The fourth-order valence-corrected chi connectivity index (χ4v) is 2.32. The molecule has 6 nitrogen and oxygen atoms in total. The Morgan fingerprint density at radius 1 is 1.24 bits per heavy atom. The zero-order valence-corrected chi connectivity index (χ0v) is 12.7. The molecule has 1 aromatic rings. The predicted molar refractivity (Wildman–Crippen MR) is 81.4 cm³/mol. The Morgan fingerprint density at radius 3 is 2.52 bits per heavy atom. The molecule has 0 aliphatic rings. The van der Waals surface area contributed by atoms with Crippen LogP contribution in [0.25, 0.3) is 0 Å². The van der Waals surface area contributed by atoms with Crippen LogP contribution >= 0.6 is 11.8 Å². The second-order valence-corrected chi connectivity index (χ2v) is 5.46. The van der Waals surface area contributed by atoms with Crippen molar-refractivity contribution >= 4 is 35.4 Å². The number of aliphatic carboxylic acids is 1. The fourth-order valence-electron chi connectivity index (χ4n) is 1.77. The van der Waals surface area contributed by atoms with Gasteiger partial charge in [-0.3, -0.25) is 14.9 Å². The Kier molecular flexibility index (Phi) is 6.74. The van der Waals surface area contributed by atoms with Gasteiger partial charge in [0, 0.05) is 17.7 Å². The standard InChI is InChI=1S/C14H18N2O4S/c1-9(8-13(18)19)7-12(17)16-14(20)15-10-5-3-4-6-11(10)21-2/h3-6,9H,7-8H2,1-2H3,(H,18,19)(H2,15,16,17,20). The van der Waals surface area contributed by atoms with Gasteiger partial charge in [-0.1, -0.05) is 19.1 Å². The van der Waals surface area contributed by atoms with Crippen molar-refractivity contribution in [1.29, 1.82) is 0 Å². The first-order valence-electron chi connectivity index (χ1n) is 6.38. The number of rotatable bonds is 6. The normalized spacial score (nSPS) is 11.5. The highest BCUT2D eigenvalue weighted by molar-refractivity contribution is 7.98. The van der Waals surface area contributed by atoms with Crippen LogP contribution in [-0.2, 0) is 9.59 Å². The Balaban J connectivity index is 2.50. The van der Waals surface area contributed by atoms with E-state index < -0.39 is 17.9 Å². The van der Waals surface area contributed by atoms with Gasteiger partial charge in [-0.05, 0) is 24.3 Å². The molecule has 3 N–H and O–H groups in total. The minimum absolute atomic E-state index is 0.0100. The number of nitrogens with one attached hydrogen (secondary N) is 2. The number of urea groups is 1. The van der Waals surface area contributed by atoms with Gasteiger partial charge in [0.15, 0.2) is 0 Å². The highest BCUT2D eigenvalue weighted by atomic mass is 32.2. The number of amides is 3. The molecule has 0 saturated carbocycles. The van der Waals surface area contributed by atoms with Gasteiger partial charge in [0.2, 0.25) is 5.91 Å². The molecule has 114 valence electrons. The minimum atomic E-state index is -0.964. The van der Waals surface area contributed by atoms with E-state index in [1.54, 1.807) is 19.1 Å². The fraction of sp³-hybridized carbons (Fsp3) is 0.357. The second kappa shape index (κ2) is 8.31. The number of carbonyl (C=O) groups excluding carboxylic acids is 2. The molecule has 3 amide bonds. The van der Waals surface area contributed by atoms with Gasteiger partial charge in [-0.15, -0.1) is 11.8 Å². The van der Waals surface area contributed by atoms with Crippen LogP contribution in [0.15, 0.2) is 29.2 Å². The lowest BCUT2D eigenvalue weighted by Gasteiger charge is -2.11. The van der Waals surface area contributed by atoms with Crippen molar-refractivity contribution in [2.75, 3.05) is 11.6 Å². The van der Waals surface area contributed by atoms with Crippen molar-refractivity contribution < 1.29 is 19.5 Å². The SMILES string of the molecule is CSc1ccccc1NC(=O)NC(=O)CC(C)CC(=O)O. The highest BCUT2D eigenvalue weighted by Gasteiger charge is 2.15. The predicted octanol–water partition coefficient (Wildman–Crippen LogP) is 2.56. The number of imide groups is 1. The lowest BCUT2D eigenvalue weighted by Crippen LogP contribution is -2.35. The lowest BCUT2D eigenvalue weighted by molar-refractivity contribution is -0.138. The van der Waals surface area contributed by atoms with Gasteiger partial charge in [0.1, 0.15) is 0 Å². The average molecular weight is 310 g/mol. The van der Waals surface area contributed by atoms with Crippen molar-refractivity contribution in [1.82, 2.24) is 5.32 Å². The summed E-state index contributed by atoms with van der Waals surface area (Å²) in [6.07, 6.45) is 1.77. The van der Waals surface area contributed by atoms with Gasteiger partial charge in [-0.2, -0.15) is 0 Å². The number of carbonyl (C=O) groups is 3. The summed E-state index contributed by atoms with van der Waals surface area (Å²) in [5, 5.41) is 13.4. The van der Waals surface area contributed by atoms with Crippen LogP contribution in [-0.4, -0.2) is 29.3 Å². The number of thioether (sulfide) groups is 1. The molecule has 0 spiro atoms. The van der Waals surface area contributed by atoms with E-state index in [0.717, 1.165) is 4.90 Å². The number of anilines is 1. The second-order valence-electron chi connectivity index (χ2n) is 4.61. The summed E-state index contributed by atoms with van der Waals surface area (Å²) in [5.41, 5.74) is 0.619. The van der Waals surface area contributed by atoms with Gasteiger partial charge >= 0.3 is 12.0 Å². The summed E-state index contributed by atoms with van der Waals surface area (Å²) in [6, 6.07) is 6.61. The third-order valence-corrected chi connectivity index (χ3v) is 3.46.